The van der Waals surface area contributed by atoms with Gasteiger partial charge in [-0.15, -0.1) is 0 Å². The van der Waals surface area contributed by atoms with E-state index in [2.05, 4.69) is 9.97 Å². The van der Waals surface area contributed by atoms with Gasteiger partial charge in [0.2, 0.25) is 5.88 Å². The van der Waals surface area contributed by atoms with Crippen molar-refractivity contribution in [1.82, 2.24) is 9.97 Å². The van der Waals surface area contributed by atoms with Crippen molar-refractivity contribution >= 4 is 11.6 Å². The number of halogens is 4. The maximum absolute atomic E-state index is 12.7. The standard InChI is InChI=1S/C11H6ClF3N2O2/c12-8-9(18)16-5-17-10(8)19-7-4-2-1-3-6(7)11(13,14)15/h1-5H,(H,16,17,18). The predicted molar refractivity (Wildman–Crippen MR) is 61.4 cm³/mol. The minimum Gasteiger partial charge on any atom is -0.437 e. The molecule has 2 rings (SSSR count). The van der Waals surface area contributed by atoms with E-state index in [1.54, 1.807) is 0 Å². The lowest BCUT2D eigenvalue weighted by atomic mass is 10.2. The summed E-state index contributed by atoms with van der Waals surface area (Å²) in [4.78, 5) is 16.9. The van der Waals surface area contributed by atoms with Crippen molar-refractivity contribution in [3.05, 3.63) is 51.5 Å². The minimum atomic E-state index is -4.58. The molecule has 0 aliphatic carbocycles. The van der Waals surface area contributed by atoms with Gasteiger partial charge in [0.15, 0.2) is 5.02 Å². The van der Waals surface area contributed by atoms with Crippen LogP contribution in [0.15, 0.2) is 35.4 Å². The van der Waals surface area contributed by atoms with Gasteiger partial charge in [0.1, 0.15) is 5.75 Å². The number of aromatic nitrogens is 2. The van der Waals surface area contributed by atoms with E-state index in [9.17, 15) is 18.0 Å². The summed E-state index contributed by atoms with van der Waals surface area (Å²) in [6.45, 7) is 0. The molecule has 0 aliphatic heterocycles. The lowest BCUT2D eigenvalue weighted by Gasteiger charge is -2.12. The quantitative estimate of drug-likeness (QED) is 0.924. The largest absolute Gasteiger partial charge is 0.437 e. The van der Waals surface area contributed by atoms with E-state index in [0.29, 0.717) is 0 Å². The van der Waals surface area contributed by atoms with Gasteiger partial charge >= 0.3 is 6.18 Å². The Kier molecular flexibility index (Phi) is 3.48. The first-order valence-corrected chi connectivity index (χ1v) is 5.34. The van der Waals surface area contributed by atoms with Gasteiger partial charge in [-0.3, -0.25) is 4.79 Å². The zero-order valence-electron chi connectivity index (χ0n) is 9.16. The highest BCUT2D eigenvalue weighted by Crippen LogP contribution is 2.38. The summed E-state index contributed by atoms with van der Waals surface area (Å²) < 4.78 is 43.2. The van der Waals surface area contributed by atoms with Crippen molar-refractivity contribution in [2.45, 2.75) is 6.18 Å². The van der Waals surface area contributed by atoms with Crippen LogP contribution in [0.25, 0.3) is 0 Å². The Morgan fingerprint density at radius 1 is 1.26 bits per heavy atom. The first-order valence-electron chi connectivity index (χ1n) is 4.97. The van der Waals surface area contributed by atoms with Gasteiger partial charge in [-0.1, -0.05) is 23.7 Å². The Hall–Kier alpha value is -2.02. The smallest absolute Gasteiger partial charge is 0.419 e. The van der Waals surface area contributed by atoms with Gasteiger partial charge in [0, 0.05) is 0 Å². The van der Waals surface area contributed by atoms with Crippen LogP contribution in [-0.4, -0.2) is 9.97 Å². The SMILES string of the molecule is O=c1[nH]cnc(Oc2ccccc2C(F)(F)F)c1Cl. The first kappa shape index (κ1) is 13.4. The topological polar surface area (TPSA) is 55.0 Å². The maximum Gasteiger partial charge on any atom is 0.419 e. The number of nitrogens with zero attached hydrogens (tertiary/aromatic N) is 1. The van der Waals surface area contributed by atoms with E-state index in [1.165, 1.54) is 12.1 Å². The third-order valence-corrected chi connectivity index (χ3v) is 2.50. The zero-order chi connectivity index (χ0) is 14.0. The Bertz CT molecular complexity index is 655. The Labute approximate surface area is 109 Å². The molecule has 0 unspecified atom stereocenters. The molecule has 1 aromatic heterocycles. The van der Waals surface area contributed by atoms with E-state index >= 15 is 0 Å². The van der Waals surface area contributed by atoms with Crippen LogP contribution < -0.4 is 10.3 Å². The molecule has 0 saturated carbocycles. The fourth-order valence-electron chi connectivity index (χ4n) is 1.33. The highest BCUT2D eigenvalue weighted by molar-refractivity contribution is 6.31. The molecule has 1 N–H and O–H groups in total. The molecule has 0 amide bonds. The van der Waals surface area contributed by atoms with Crippen LogP contribution in [0.5, 0.6) is 11.6 Å². The number of alkyl halides is 3. The minimum absolute atomic E-state index is 0.387. The average molecular weight is 291 g/mol. The van der Waals surface area contributed by atoms with Crippen LogP contribution >= 0.6 is 11.6 Å². The highest BCUT2D eigenvalue weighted by atomic mass is 35.5. The summed E-state index contributed by atoms with van der Waals surface area (Å²) in [5.74, 6) is -0.864. The summed E-state index contributed by atoms with van der Waals surface area (Å²) >= 11 is 5.60. The van der Waals surface area contributed by atoms with Gasteiger partial charge in [-0.25, -0.2) is 4.98 Å². The molecule has 4 nitrogen and oxygen atoms in total. The fourth-order valence-corrected chi connectivity index (χ4v) is 1.47. The number of rotatable bonds is 2. The van der Waals surface area contributed by atoms with Crippen molar-refractivity contribution < 1.29 is 17.9 Å². The Morgan fingerprint density at radius 3 is 2.63 bits per heavy atom. The van der Waals surface area contributed by atoms with E-state index in [4.69, 9.17) is 16.3 Å². The number of benzene rings is 1. The van der Waals surface area contributed by atoms with Gasteiger partial charge < -0.3 is 9.72 Å². The second-order valence-corrected chi connectivity index (χ2v) is 3.82. The normalized spacial score (nSPS) is 11.4. The van der Waals surface area contributed by atoms with Crippen LogP contribution in [0.4, 0.5) is 13.2 Å². The molecular formula is C11H6ClF3N2O2. The second kappa shape index (κ2) is 4.93. The first-order chi connectivity index (χ1) is 8.89. The number of para-hydroxylation sites is 1. The summed E-state index contributed by atoms with van der Waals surface area (Å²) in [7, 11) is 0. The number of ether oxygens (including phenoxy) is 1. The third-order valence-electron chi connectivity index (χ3n) is 2.16. The number of nitrogens with one attached hydrogen (secondary N) is 1. The molecular weight excluding hydrogens is 285 g/mol. The third kappa shape index (κ3) is 2.87. The van der Waals surface area contributed by atoms with Crippen molar-refractivity contribution in [2.24, 2.45) is 0 Å². The maximum atomic E-state index is 12.7. The summed E-state index contributed by atoms with van der Waals surface area (Å²) in [6, 6.07) is 4.56. The molecule has 100 valence electrons. The Balaban J connectivity index is 2.45. The molecule has 19 heavy (non-hydrogen) atoms. The van der Waals surface area contributed by atoms with Crippen LogP contribution in [0.3, 0.4) is 0 Å². The molecule has 0 radical (unpaired) electrons. The Morgan fingerprint density at radius 2 is 1.95 bits per heavy atom. The van der Waals surface area contributed by atoms with Gasteiger partial charge in [0.25, 0.3) is 5.56 Å². The number of hydrogen-bond acceptors (Lipinski definition) is 3. The van der Waals surface area contributed by atoms with Crippen LogP contribution in [0.1, 0.15) is 5.56 Å². The van der Waals surface area contributed by atoms with Crippen molar-refractivity contribution in [1.29, 1.82) is 0 Å². The number of H-pyrrole nitrogens is 1. The lowest BCUT2D eigenvalue weighted by Crippen LogP contribution is -2.10. The molecule has 0 fully saturated rings. The number of aromatic amines is 1. The van der Waals surface area contributed by atoms with E-state index < -0.39 is 28.1 Å². The lowest BCUT2D eigenvalue weighted by molar-refractivity contribution is -0.138. The van der Waals surface area contributed by atoms with E-state index in [-0.39, 0.29) is 5.88 Å². The van der Waals surface area contributed by atoms with Crippen molar-refractivity contribution in [3.8, 4) is 11.6 Å². The molecule has 0 aliphatic rings. The van der Waals surface area contributed by atoms with Crippen molar-refractivity contribution in [3.63, 3.8) is 0 Å². The van der Waals surface area contributed by atoms with Gasteiger partial charge in [-0.2, -0.15) is 13.2 Å². The van der Waals surface area contributed by atoms with Crippen molar-refractivity contribution in [2.75, 3.05) is 0 Å². The van der Waals surface area contributed by atoms with E-state index in [1.807, 2.05) is 0 Å². The van der Waals surface area contributed by atoms with Gasteiger partial charge in [0.05, 0.1) is 11.9 Å². The van der Waals surface area contributed by atoms with Crippen LogP contribution in [-0.2, 0) is 6.18 Å². The average Bonchev–Trinajstić information content (AvgIpc) is 2.34. The monoisotopic (exact) mass is 290 g/mol. The molecule has 0 saturated heterocycles. The fraction of sp³-hybridized carbons (Fsp3) is 0.0909. The molecule has 8 heteroatoms. The molecule has 0 spiro atoms. The molecule has 1 heterocycles. The molecule has 2 aromatic rings. The number of hydrogen-bond donors (Lipinski definition) is 1. The highest BCUT2D eigenvalue weighted by Gasteiger charge is 2.34. The second-order valence-electron chi connectivity index (χ2n) is 3.45. The summed E-state index contributed by atoms with van der Waals surface area (Å²) in [5, 5.41) is -0.417. The molecule has 1 aromatic carbocycles. The summed E-state index contributed by atoms with van der Waals surface area (Å²) in [6.07, 6.45) is -3.59. The van der Waals surface area contributed by atoms with Gasteiger partial charge in [-0.05, 0) is 12.1 Å². The van der Waals surface area contributed by atoms with Crippen LogP contribution in [0, 0.1) is 0 Å². The molecule has 0 atom stereocenters. The van der Waals surface area contributed by atoms with Crippen LogP contribution in [0.2, 0.25) is 5.02 Å². The van der Waals surface area contributed by atoms with E-state index in [0.717, 1.165) is 18.5 Å². The molecule has 0 bridgehead atoms. The summed E-state index contributed by atoms with van der Waals surface area (Å²) in [5.41, 5.74) is -1.68. The predicted octanol–water partition coefficient (Wildman–Crippen LogP) is 3.23. The zero-order valence-corrected chi connectivity index (χ0v) is 9.92.